The van der Waals surface area contributed by atoms with Crippen LogP contribution in [0, 0.1) is 6.92 Å². The summed E-state index contributed by atoms with van der Waals surface area (Å²) >= 11 is 1.45. The van der Waals surface area contributed by atoms with Crippen molar-refractivity contribution in [3.8, 4) is 5.69 Å². The number of thioether (sulfide) groups is 1. The van der Waals surface area contributed by atoms with E-state index >= 15 is 0 Å². The number of aryl methyl sites for hydroxylation is 1. The largest absolute Gasteiger partial charge is 0.356 e. The highest BCUT2D eigenvalue weighted by atomic mass is 32.2. The van der Waals surface area contributed by atoms with Crippen molar-refractivity contribution in [2.75, 3.05) is 12.3 Å². The maximum absolute atomic E-state index is 11.5. The molecule has 2 rings (SSSR count). The van der Waals surface area contributed by atoms with E-state index in [-0.39, 0.29) is 5.91 Å². The molecule has 1 aromatic heterocycles. The second-order valence-electron chi connectivity index (χ2n) is 4.11. The smallest absolute Gasteiger partial charge is 0.230 e. The van der Waals surface area contributed by atoms with Crippen LogP contribution < -0.4 is 5.32 Å². The number of imidazole rings is 1. The average molecular weight is 275 g/mol. The molecule has 19 heavy (non-hydrogen) atoms. The Morgan fingerprint density at radius 3 is 2.95 bits per heavy atom. The number of hydrogen-bond acceptors (Lipinski definition) is 3. The van der Waals surface area contributed by atoms with Gasteiger partial charge in [0.2, 0.25) is 5.91 Å². The Bertz CT molecular complexity index is 565. The highest BCUT2D eigenvalue weighted by molar-refractivity contribution is 7.99. The van der Waals surface area contributed by atoms with Crippen LogP contribution in [0.4, 0.5) is 0 Å². The summed E-state index contributed by atoms with van der Waals surface area (Å²) in [7, 11) is 0. The summed E-state index contributed by atoms with van der Waals surface area (Å²) in [5.41, 5.74) is 2.28. The predicted octanol–water partition coefficient (Wildman–Crippen LogP) is 2.41. The minimum atomic E-state index is 0.0341. The zero-order chi connectivity index (χ0) is 13.7. The van der Waals surface area contributed by atoms with Crippen LogP contribution in [-0.4, -0.2) is 27.8 Å². The molecule has 1 aromatic carbocycles. The number of rotatable bonds is 5. The topological polar surface area (TPSA) is 46.9 Å². The lowest BCUT2D eigenvalue weighted by Gasteiger charge is -2.10. The number of para-hydroxylation sites is 1. The monoisotopic (exact) mass is 275 g/mol. The van der Waals surface area contributed by atoms with E-state index < -0.39 is 0 Å². The van der Waals surface area contributed by atoms with Crippen molar-refractivity contribution in [3.63, 3.8) is 0 Å². The van der Waals surface area contributed by atoms with Crippen molar-refractivity contribution in [3.05, 3.63) is 42.2 Å². The van der Waals surface area contributed by atoms with Crippen molar-refractivity contribution in [2.45, 2.75) is 19.0 Å². The van der Waals surface area contributed by atoms with Gasteiger partial charge in [0.25, 0.3) is 0 Å². The van der Waals surface area contributed by atoms with E-state index in [0.29, 0.717) is 12.3 Å². The Kier molecular flexibility index (Phi) is 4.63. The molecule has 5 heteroatoms. The first kappa shape index (κ1) is 13.7. The van der Waals surface area contributed by atoms with Gasteiger partial charge in [-0.25, -0.2) is 4.98 Å². The molecule has 1 amide bonds. The third-order valence-electron chi connectivity index (χ3n) is 2.69. The van der Waals surface area contributed by atoms with Crippen LogP contribution in [0.2, 0.25) is 0 Å². The SMILES string of the molecule is CCNC(=O)CSc1nccn1-c1ccccc1C. The van der Waals surface area contributed by atoms with E-state index in [1.54, 1.807) is 6.20 Å². The standard InChI is InChI=1S/C14H17N3OS/c1-3-15-13(18)10-19-14-16-8-9-17(14)12-7-5-4-6-11(12)2/h4-9H,3,10H2,1-2H3,(H,15,18). The van der Waals surface area contributed by atoms with Gasteiger partial charge in [-0.3, -0.25) is 9.36 Å². The Hall–Kier alpha value is -1.75. The minimum absolute atomic E-state index is 0.0341. The molecular formula is C14H17N3OS. The summed E-state index contributed by atoms with van der Waals surface area (Å²) in [6.07, 6.45) is 3.68. The molecule has 0 saturated carbocycles. The molecule has 100 valence electrons. The van der Waals surface area contributed by atoms with E-state index in [0.717, 1.165) is 10.8 Å². The van der Waals surface area contributed by atoms with Crippen LogP contribution in [-0.2, 0) is 4.79 Å². The normalized spacial score (nSPS) is 10.4. The zero-order valence-electron chi connectivity index (χ0n) is 11.1. The molecule has 0 fully saturated rings. The van der Waals surface area contributed by atoms with Crippen molar-refractivity contribution < 1.29 is 4.79 Å². The number of nitrogens with zero attached hydrogens (tertiary/aromatic N) is 2. The molecule has 0 spiro atoms. The summed E-state index contributed by atoms with van der Waals surface area (Å²) in [5.74, 6) is 0.420. The number of hydrogen-bond donors (Lipinski definition) is 1. The second kappa shape index (κ2) is 6.43. The van der Waals surface area contributed by atoms with E-state index in [9.17, 15) is 4.79 Å². The van der Waals surface area contributed by atoms with Crippen LogP contribution in [0.1, 0.15) is 12.5 Å². The molecule has 0 saturated heterocycles. The molecule has 0 aliphatic rings. The van der Waals surface area contributed by atoms with Gasteiger partial charge in [-0.1, -0.05) is 30.0 Å². The molecule has 1 heterocycles. The zero-order valence-corrected chi connectivity index (χ0v) is 11.9. The first-order valence-corrected chi connectivity index (χ1v) is 7.19. The summed E-state index contributed by atoms with van der Waals surface area (Å²) in [4.78, 5) is 15.8. The minimum Gasteiger partial charge on any atom is -0.356 e. The Balaban J connectivity index is 2.14. The van der Waals surface area contributed by atoms with Crippen LogP contribution in [0.15, 0.2) is 41.8 Å². The summed E-state index contributed by atoms with van der Waals surface area (Å²) < 4.78 is 2.01. The summed E-state index contributed by atoms with van der Waals surface area (Å²) in [5, 5.41) is 3.62. The van der Waals surface area contributed by atoms with Gasteiger partial charge in [0.15, 0.2) is 5.16 Å². The molecule has 0 aliphatic heterocycles. The molecule has 4 nitrogen and oxygen atoms in total. The molecule has 0 aliphatic carbocycles. The lowest BCUT2D eigenvalue weighted by Crippen LogP contribution is -2.24. The maximum Gasteiger partial charge on any atom is 0.230 e. The van der Waals surface area contributed by atoms with E-state index in [1.165, 1.54) is 17.3 Å². The van der Waals surface area contributed by atoms with Crippen LogP contribution in [0.5, 0.6) is 0 Å². The highest BCUT2D eigenvalue weighted by Crippen LogP contribution is 2.22. The van der Waals surface area contributed by atoms with Gasteiger partial charge < -0.3 is 5.32 Å². The third-order valence-corrected chi connectivity index (χ3v) is 3.65. The lowest BCUT2D eigenvalue weighted by molar-refractivity contribution is -0.118. The Labute approximate surface area is 117 Å². The number of carbonyl (C=O) groups is 1. The van der Waals surface area contributed by atoms with E-state index in [2.05, 4.69) is 23.3 Å². The van der Waals surface area contributed by atoms with Crippen molar-refractivity contribution >= 4 is 17.7 Å². The molecule has 2 aromatic rings. The van der Waals surface area contributed by atoms with Crippen molar-refractivity contribution in [2.24, 2.45) is 0 Å². The maximum atomic E-state index is 11.5. The molecule has 0 radical (unpaired) electrons. The number of benzene rings is 1. The molecule has 0 unspecified atom stereocenters. The van der Waals surface area contributed by atoms with Gasteiger partial charge in [-0.2, -0.15) is 0 Å². The van der Waals surface area contributed by atoms with Crippen molar-refractivity contribution in [1.82, 2.24) is 14.9 Å². The van der Waals surface area contributed by atoms with Gasteiger partial charge in [0, 0.05) is 18.9 Å². The van der Waals surface area contributed by atoms with Gasteiger partial charge in [-0.15, -0.1) is 0 Å². The van der Waals surface area contributed by atoms with Crippen LogP contribution in [0.25, 0.3) is 5.69 Å². The third kappa shape index (κ3) is 3.38. The fourth-order valence-electron chi connectivity index (χ4n) is 1.79. The molecule has 1 N–H and O–H groups in total. The molecule has 0 atom stereocenters. The first-order chi connectivity index (χ1) is 9.22. The summed E-state index contributed by atoms with van der Waals surface area (Å²) in [6, 6.07) is 8.12. The van der Waals surface area contributed by atoms with Gasteiger partial charge in [0.05, 0.1) is 11.4 Å². The lowest BCUT2D eigenvalue weighted by atomic mass is 10.2. The number of aromatic nitrogens is 2. The van der Waals surface area contributed by atoms with E-state index in [1.807, 2.05) is 35.9 Å². The molecular weight excluding hydrogens is 258 g/mol. The van der Waals surface area contributed by atoms with Crippen LogP contribution in [0.3, 0.4) is 0 Å². The van der Waals surface area contributed by atoms with Gasteiger partial charge >= 0.3 is 0 Å². The van der Waals surface area contributed by atoms with E-state index in [4.69, 9.17) is 0 Å². The summed E-state index contributed by atoms with van der Waals surface area (Å²) in [6.45, 7) is 4.63. The Morgan fingerprint density at radius 1 is 1.42 bits per heavy atom. The second-order valence-corrected chi connectivity index (χ2v) is 5.05. The fourth-order valence-corrected chi connectivity index (χ4v) is 2.59. The van der Waals surface area contributed by atoms with Gasteiger partial charge in [-0.05, 0) is 25.5 Å². The molecule has 0 bridgehead atoms. The van der Waals surface area contributed by atoms with Crippen LogP contribution >= 0.6 is 11.8 Å². The Morgan fingerprint density at radius 2 is 2.21 bits per heavy atom. The number of amides is 1. The highest BCUT2D eigenvalue weighted by Gasteiger charge is 2.09. The predicted molar refractivity (Wildman–Crippen MR) is 77.7 cm³/mol. The first-order valence-electron chi connectivity index (χ1n) is 6.21. The number of carbonyl (C=O) groups excluding carboxylic acids is 1. The van der Waals surface area contributed by atoms with Gasteiger partial charge in [0.1, 0.15) is 0 Å². The number of nitrogens with one attached hydrogen (secondary N) is 1. The fraction of sp³-hybridized carbons (Fsp3) is 0.286. The average Bonchev–Trinajstić information content (AvgIpc) is 2.85. The van der Waals surface area contributed by atoms with Crippen molar-refractivity contribution in [1.29, 1.82) is 0 Å². The quantitative estimate of drug-likeness (QED) is 0.852.